The fourth-order valence-corrected chi connectivity index (χ4v) is 3.56. The van der Waals surface area contributed by atoms with Gasteiger partial charge in [-0.2, -0.15) is 0 Å². The van der Waals surface area contributed by atoms with Crippen molar-refractivity contribution in [1.82, 2.24) is 5.32 Å². The minimum atomic E-state index is 0. The van der Waals surface area contributed by atoms with Crippen LogP contribution in [0.25, 0.3) is 0 Å². The Morgan fingerprint density at radius 1 is 1.04 bits per heavy atom. The van der Waals surface area contributed by atoms with Crippen LogP contribution in [0, 0.1) is 6.92 Å². The van der Waals surface area contributed by atoms with Crippen molar-refractivity contribution in [2.45, 2.75) is 26.6 Å². The van der Waals surface area contributed by atoms with E-state index >= 15 is 0 Å². The summed E-state index contributed by atoms with van der Waals surface area (Å²) in [7, 11) is 1.63. The fourth-order valence-electron chi connectivity index (χ4n) is 2.60. The molecule has 1 N–H and O–H groups in total. The summed E-state index contributed by atoms with van der Waals surface area (Å²) in [6.45, 7) is 4.07. The first-order chi connectivity index (χ1) is 12.7. The third-order valence-electron chi connectivity index (χ3n) is 4.00. The molecule has 2 aromatic carbocycles. The van der Waals surface area contributed by atoms with Gasteiger partial charge < -0.3 is 14.8 Å². The number of aryl methyl sites for hydroxylation is 1. The molecule has 0 saturated carbocycles. The number of hydrogen-bond acceptors (Lipinski definition) is 4. The molecule has 0 bridgehead atoms. The highest BCUT2D eigenvalue weighted by molar-refractivity contribution is 7.09. The second-order valence-electron chi connectivity index (χ2n) is 6.07. The zero-order chi connectivity index (χ0) is 18.4. The van der Waals surface area contributed by atoms with E-state index in [1.54, 1.807) is 18.4 Å². The highest BCUT2D eigenvalue weighted by Crippen LogP contribution is 2.37. The van der Waals surface area contributed by atoms with E-state index < -0.39 is 0 Å². The molecule has 0 spiro atoms. The first-order valence-electron chi connectivity index (χ1n) is 8.43. The van der Waals surface area contributed by atoms with E-state index in [2.05, 4.69) is 54.0 Å². The van der Waals surface area contributed by atoms with E-state index in [-0.39, 0.29) is 12.4 Å². The van der Waals surface area contributed by atoms with E-state index in [1.807, 2.05) is 12.1 Å². The smallest absolute Gasteiger partial charge is 0.180 e. The van der Waals surface area contributed by atoms with E-state index in [1.165, 1.54) is 10.4 Å². The SMILES string of the molecule is COc1cc(CNCc2cccs2)cc(Cl)c1OCc1ccc(C)cc1.Cl. The summed E-state index contributed by atoms with van der Waals surface area (Å²) in [5.74, 6) is 1.23. The van der Waals surface area contributed by atoms with Crippen molar-refractivity contribution in [3.05, 3.63) is 80.5 Å². The van der Waals surface area contributed by atoms with Crippen LogP contribution in [0.4, 0.5) is 0 Å². The third-order valence-corrected chi connectivity index (χ3v) is 5.16. The Balaban J connectivity index is 0.00000261. The maximum absolute atomic E-state index is 6.45. The molecule has 0 amide bonds. The Labute approximate surface area is 175 Å². The number of rotatable bonds is 8. The summed E-state index contributed by atoms with van der Waals surface area (Å²) in [5.41, 5.74) is 3.38. The van der Waals surface area contributed by atoms with Gasteiger partial charge >= 0.3 is 0 Å². The lowest BCUT2D eigenvalue weighted by Crippen LogP contribution is -2.12. The monoisotopic (exact) mass is 423 g/mol. The zero-order valence-corrected chi connectivity index (χ0v) is 17.7. The topological polar surface area (TPSA) is 30.5 Å². The van der Waals surface area contributed by atoms with Crippen molar-refractivity contribution < 1.29 is 9.47 Å². The molecular weight excluding hydrogens is 401 g/mol. The van der Waals surface area contributed by atoms with Crippen LogP contribution in [0.1, 0.15) is 21.6 Å². The highest BCUT2D eigenvalue weighted by atomic mass is 35.5. The Hall–Kier alpha value is -1.72. The van der Waals surface area contributed by atoms with Crippen molar-refractivity contribution in [1.29, 1.82) is 0 Å². The predicted octanol–water partition coefficient (Wildman–Crippen LogP) is 6.01. The van der Waals surface area contributed by atoms with Crippen molar-refractivity contribution >= 4 is 35.3 Å². The molecule has 0 atom stereocenters. The number of halogens is 2. The predicted molar refractivity (Wildman–Crippen MR) is 116 cm³/mol. The quantitative estimate of drug-likeness (QED) is 0.481. The molecule has 0 fully saturated rings. The van der Waals surface area contributed by atoms with E-state index in [4.69, 9.17) is 21.1 Å². The van der Waals surface area contributed by atoms with E-state index in [9.17, 15) is 0 Å². The fraction of sp³-hybridized carbons (Fsp3) is 0.238. The van der Waals surface area contributed by atoms with Crippen LogP contribution in [0.15, 0.2) is 53.9 Å². The maximum atomic E-state index is 6.45. The largest absolute Gasteiger partial charge is 0.493 e. The van der Waals surface area contributed by atoms with Gasteiger partial charge in [0.05, 0.1) is 12.1 Å². The van der Waals surface area contributed by atoms with Gasteiger partial charge in [0.15, 0.2) is 11.5 Å². The van der Waals surface area contributed by atoms with Gasteiger partial charge in [0.25, 0.3) is 0 Å². The molecule has 0 aliphatic heterocycles. The lowest BCUT2D eigenvalue weighted by atomic mass is 10.1. The van der Waals surface area contributed by atoms with Gasteiger partial charge in [0.2, 0.25) is 0 Å². The van der Waals surface area contributed by atoms with E-state index in [0.717, 1.165) is 17.7 Å². The standard InChI is InChI=1S/C21H22ClNO2S.ClH/c1-15-5-7-16(8-6-15)14-25-21-19(22)10-17(11-20(21)24-2)12-23-13-18-4-3-9-26-18;/h3-11,23H,12-14H2,1-2H3;1H. The number of benzene rings is 2. The van der Waals surface area contributed by atoms with Gasteiger partial charge in [-0.25, -0.2) is 0 Å². The molecular formula is C21H23Cl2NO2S. The Kier molecular flexibility index (Phi) is 8.45. The zero-order valence-electron chi connectivity index (χ0n) is 15.3. The first kappa shape index (κ1) is 21.6. The second kappa shape index (κ2) is 10.6. The molecule has 0 aliphatic carbocycles. The molecule has 3 nitrogen and oxygen atoms in total. The summed E-state index contributed by atoms with van der Waals surface area (Å²) in [5, 5.41) is 6.06. The van der Waals surface area contributed by atoms with Crippen LogP contribution in [0.3, 0.4) is 0 Å². The number of nitrogens with one attached hydrogen (secondary N) is 1. The van der Waals surface area contributed by atoms with Crippen LogP contribution in [-0.4, -0.2) is 7.11 Å². The van der Waals surface area contributed by atoms with Gasteiger partial charge in [0.1, 0.15) is 6.61 Å². The van der Waals surface area contributed by atoms with Crippen LogP contribution in [0.2, 0.25) is 5.02 Å². The highest BCUT2D eigenvalue weighted by Gasteiger charge is 2.12. The molecule has 0 radical (unpaired) electrons. The van der Waals surface area contributed by atoms with Gasteiger partial charge in [0, 0.05) is 18.0 Å². The number of hydrogen-bond donors (Lipinski definition) is 1. The van der Waals surface area contributed by atoms with Crippen LogP contribution in [0.5, 0.6) is 11.5 Å². The molecule has 0 unspecified atom stereocenters. The lowest BCUT2D eigenvalue weighted by molar-refractivity contribution is 0.284. The summed E-state index contributed by atoms with van der Waals surface area (Å²) < 4.78 is 11.4. The minimum absolute atomic E-state index is 0. The van der Waals surface area contributed by atoms with Gasteiger partial charge in [-0.1, -0.05) is 47.5 Å². The molecule has 1 aromatic heterocycles. The third kappa shape index (κ3) is 6.15. The Morgan fingerprint density at radius 2 is 1.81 bits per heavy atom. The normalized spacial score (nSPS) is 10.3. The van der Waals surface area contributed by atoms with Crippen molar-refractivity contribution in [3.63, 3.8) is 0 Å². The van der Waals surface area contributed by atoms with Crippen LogP contribution >= 0.6 is 35.3 Å². The van der Waals surface area contributed by atoms with E-state index in [0.29, 0.717) is 29.7 Å². The number of thiophene rings is 1. The molecule has 0 aliphatic rings. The van der Waals surface area contributed by atoms with Gasteiger partial charge in [-0.05, 0) is 41.6 Å². The minimum Gasteiger partial charge on any atom is -0.493 e. The summed E-state index contributed by atoms with van der Waals surface area (Å²) in [4.78, 5) is 1.31. The van der Waals surface area contributed by atoms with Gasteiger partial charge in [-0.3, -0.25) is 0 Å². The van der Waals surface area contributed by atoms with Crippen molar-refractivity contribution in [2.24, 2.45) is 0 Å². The molecule has 3 rings (SSSR count). The summed E-state index contributed by atoms with van der Waals surface area (Å²) in [6.07, 6.45) is 0. The van der Waals surface area contributed by atoms with Crippen molar-refractivity contribution in [2.75, 3.05) is 7.11 Å². The Morgan fingerprint density at radius 3 is 2.48 bits per heavy atom. The second-order valence-corrected chi connectivity index (χ2v) is 7.51. The number of ether oxygens (including phenoxy) is 2. The molecule has 144 valence electrons. The van der Waals surface area contributed by atoms with Crippen LogP contribution in [-0.2, 0) is 19.7 Å². The molecule has 6 heteroatoms. The summed E-state index contributed by atoms with van der Waals surface area (Å²) >= 11 is 8.20. The number of methoxy groups -OCH3 is 1. The van der Waals surface area contributed by atoms with Crippen LogP contribution < -0.4 is 14.8 Å². The molecule has 1 heterocycles. The molecule has 0 saturated heterocycles. The first-order valence-corrected chi connectivity index (χ1v) is 9.69. The van der Waals surface area contributed by atoms with Crippen molar-refractivity contribution in [3.8, 4) is 11.5 Å². The average Bonchev–Trinajstić information content (AvgIpc) is 3.15. The average molecular weight is 424 g/mol. The van der Waals surface area contributed by atoms with Gasteiger partial charge in [-0.15, -0.1) is 23.7 Å². The lowest BCUT2D eigenvalue weighted by Gasteiger charge is -2.15. The molecule has 27 heavy (non-hydrogen) atoms. The Bertz CT molecular complexity index is 836. The molecule has 3 aromatic rings. The summed E-state index contributed by atoms with van der Waals surface area (Å²) in [6, 6.07) is 16.3. The maximum Gasteiger partial charge on any atom is 0.180 e.